The summed E-state index contributed by atoms with van der Waals surface area (Å²) in [7, 11) is 6.34. The molecule has 0 fully saturated rings. The highest BCUT2D eigenvalue weighted by Crippen LogP contribution is 1.84. The highest BCUT2D eigenvalue weighted by Gasteiger charge is 1.92. The van der Waals surface area contributed by atoms with Gasteiger partial charge in [0.2, 0.25) is 0 Å². The Morgan fingerprint density at radius 3 is 2.43 bits per heavy atom. The minimum atomic E-state index is 0.102. The highest BCUT2D eigenvalue weighted by atomic mass is 16.5. The van der Waals surface area contributed by atoms with Gasteiger partial charge < -0.3 is 9.39 Å². The molecule has 7 heavy (non-hydrogen) atoms. The van der Waals surface area contributed by atoms with E-state index < -0.39 is 0 Å². The fraction of sp³-hybridized carbons (Fsp3) is 1.00. The second-order valence-corrected chi connectivity index (χ2v) is 1.38. The van der Waals surface area contributed by atoms with Crippen LogP contribution in [0.5, 0.6) is 0 Å². The third-order valence-electron chi connectivity index (χ3n) is 0.733. The Hall–Kier alpha value is -0.0151. The molecular formula is C4H9BO2. The van der Waals surface area contributed by atoms with E-state index in [1.165, 1.54) is 0 Å². The van der Waals surface area contributed by atoms with E-state index in [1.54, 1.807) is 7.11 Å². The van der Waals surface area contributed by atoms with Crippen LogP contribution in [0.15, 0.2) is 0 Å². The molecule has 0 aromatic rings. The molecule has 0 saturated carbocycles. The minimum Gasteiger partial charge on any atom is -0.445 e. The van der Waals surface area contributed by atoms with Gasteiger partial charge in [0.1, 0.15) is 0 Å². The van der Waals surface area contributed by atoms with Gasteiger partial charge in [-0.3, -0.25) is 0 Å². The maximum atomic E-state index is 4.79. The summed E-state index contributed by atoms with van der Waals surface area (Å²) in [6.07, 6.45) is 0.102. The monoisotopic (exact) mass is 100 g/mol. The number of methoxy groups -OCH3 is 1. The molecule has 0 bridgehead atoms. The maximum absolute atomic E-state index is 4.79. The van der Waals surface area contributed by atoms with Crippen molar-refractivity contribution in [3.05, 3.63) is 0 Å². The quantitative estimate of drug-likeness (QED) is 0.469. The molecule has 0 amide bonds. The molecule has 1 atom stereocenters. The summed E-state index contributed by atoms with van der Waals surface area (Å²) in [4.78, 5) is 0. The lowest BCUT2D eigenvalue weighted by Gasteiger charge is -2.05. The van der Waals surface area contributed by atoms with Crippen LogP contribution in [-0.4, -0.2) is 27.9 Å². The molecule has 0 saturated heterocycles. The van der Waals surface area contributed by atoms with Crippen molar-refractivity contribution in [3.63, 3.8) is 0 Å². The van der Waals surface area contributed by atoms with E-state index in [2.05, 4.69) is 4.65 Å². The lowest BCUT2D eigenvalue weighted by molar-refractivity contribution is 0.0751. The number of hydrogen-bond acceptors (Lipinski definition) is 2. The van der Waals surface area contributed by atoms with Crippen molar-refractivity contribution in [2.75, 3.05) is 13.7 Å². The second kappa shape index (κ2) is 4.15. The molecule has 3 heteroatoms. The molecule has 2 nitrogen and oxygen atoms in total. The van der Waals surface area contributed by atoms with Crippen molar-refractivity contribution in [1.29, 1.82) is 0 Å². The summed E-state index contributed by atoms with van der Waals surface area (Å²) < 4.78 is 9.06. The van der Waals surface area contributed by atoms with E-state index >= 15 is 0 Å². The highest BCUT2D eigenvalue weighted by molar-refractivity contribution is 5.97. The smallest absolute Gasteiger partial charge is 0.282 e. The molecule has 2 radical (unpaired) electrons. The number of rotatable bonds is 3. The zero-order valence-corrected chi connectivity index (χ0v) is 4.68. The van der Waals surface area contributed by atoms with Gasteiger partial charge >= 0.3 is 0 Å². The van der Waals surface area contributed by atoms with Crippen molar-refractivity contribution < 1.29 is 9.39 Å². The lowest BCUT2D eigenvalue weighted by Crippen LogP contribution is -2.11. The minimum absolute atomic E-state index is 0.102. The largest absolute Gasteiger partial charge is 0.445 e. The fourth-order valence-corrected chi connectivity index (χ4v) is 0.204. The standard InChI is InChI=1S/C4H9BO2/c1-4(6-2)3-7-5/h4H,3H2,1-2H3. The number of ether oxygens (including phenoxy) is 1. The molecule has 0 spiro atoms. The van der Waals surface area contributed by atoms with Crippen LogP contribution in [0.4, 0.5) is 0 Å². The molecule has 0 heterocycles. The van der Waals surface area contributed by atoms with Crippen LogP contribution in [0.25, 0.3) is 0 Å². The van der Waals surface area contributed by atoms with Gasteiger partial charge in [-0.25, -0.2) is 0 Å². The molecule has 1 unspecified atom stereocenters. The summed E-state index contributed by atoms with van der Waals surface area (Å²) in [6.45, 7) is 2.34. The zero-order chi connectivity index (χ0) is 5.70. The van der Waals surface area contributed by atoms with Gasteiger partial charge in [0.05, 0.1) is 12.7 Å². The maximum Gasteiger partial charge on any atom is 0.282 e. The van der Waals surface area contributed by atoms with E-state index in [-0.39, 0.29) is 6.10 Å². The van der Waals surface area contributed by atoms with Gasteiger partial charge in [-0.05, 0) is 6.92 Å². The van der Waals surface area contributed by atoms with Gasteiger partial charge in [0.15, 0.2) is 0 Å². The molecular weight excluding hydrogens is 90.9 g/mol. The van der Waals surface area contributed by atoms with Crippen molar-refractivity contribution in [2.45, 2.75) is 13.0 Å². The Balaban J connectivity index is 2.83. The van der Waals surface area contributed by atoms with Gasteiger partial charge in [-0.15, -0.1) is 0 Å². The Labute approximate surface area is 45.2 Å². The van der Waals surface area contributed by atoms with Gasteiger partial charge in [-0.2, -0.15) is 0 Å². The Kier molecular flexibility index (Phi) is 4.14. The van der Waals surface area contributed by atoms with Crippen molar-refractivity contribution in [3.8, 4) is 0 Å². The molecule has 0 aliphatic rings. The summed E-state index contributed by atoms with van der Waals surface area (Å²) in [5.74, 6) is 0. The molecule has 0 aliphatic heterocycles. The Bertz CT molecular complexity index is 40.7. The fourth-order valence-electron chi connectivity index (χ4n) is 0.204. The third-order valence-corrected chi connectivity index (χ3v) is 0.733. The van der Waals surface area contributed by atoms with Crippen molar-refractivity contribution in [1.82, 2.24) is 0 Å². The first kappa shape index (κ1) is 6.98. The van der Waals surface area contributed by atoms with Crippen LogP contribution in [0.1, 0.15) is 6.92 Å². The zero-order valence-electron chi connectivity index (χ0n) is 4.68. The van der Waals surface area contributed by atoms with E-state index in [0.717, 1.165) is 0 Å². The molecule has 0 rings (SSSR count). The average molecular weight is 99.9 g/mol. The lowest BCUT2D eigenvalue weighted by atomic mass is 10.4. The predicted octanol–water partition coefficient (Wildman–Crippen LogP) is 0.121. The van der Waals surface area contributed by atoms with Crippen LogP contribution >= 0.6 is 0 Å². The van der Waals surface area contributed by atoms with Crippen LogP contribution in [0.2, 0.25) is 0 Å². The van der Waals surface area contributed by atoms with Crippen LogP contribution in [0, 0.1) is 0 Å². The molecule has 40 valence electrons. The average Bonchev–Trinajstić information content (AvgIpc) is 1.68. The summed E-state index contributed by atoms with van der Waals surface area (Å²) in [6, 6.07) is 0. The summed E-state index contributed by atoms with van der Waals surface area (Å²) >= 11 is 0. The Morgan fingerprint density at radius 2 is 2.29 bits per heavy atom. The molecule has 0 N–H and O–H groups in total. The summed E-state index contributed by atoms with van der Waals surface area (Å²) in [5.41, 5.74) is 0. The molecule has 0 aromatic heterocycles. The van der Waals surface area contributed by atoms with E-state index in [4.69, 9.17) is 12.8 Å². The topological polar surface area (TPSA) is 18.5 Å². The van der Waals surface area contributed by atoms with Gasteiger partial charge in [0.25, 0.3) is 8.05 Å². The van der Waals surface area contributed by atoms with E-state index in [1.807, 2.05) is 6.92 Å². The number of hydrogen-bond donors (Lipinski definition) is 0. The van der Waals surface area contributed by atoms with E-state index in [9.17, 15) is 0 Å². The van der Waals surface area contributed by atoms with Crippen molar-refractivity contribution in [2.24, 2.45) is 0 Å². The third kappa shape index (κ3) is 3.82. The first-order chi connectivity index (χ1) is 3.31. The van der Waals surface area contributed by atoms with Crippen LogP contribution < -0.4 is 0 Å². The Morgan fingerprint density at radius 1 is 1.71 bits per heavy atom. The SMILES string of the molecule is [B]OCC(C)OC. The normalized spacial score (nSPS) is 14.0. The van der Waals surface area contributed by atoms with Crippen LogP contribution in [-0.2, 0) is 9.39 Å². The van der Waals surface area contributed by atoms with Crippen LogP contribution in [0.3, 0.4) is 0 Å². The van der Waals surface area contributed by atoms with E-state index in [0.29, 0.717) is 6.61 Å². The van der Waals surface area contributed by atoms with Gasteiger partial charge in [0, 0.05) is 7.11 Å². The first-order valence-electron chi connectivity index (χ1n) is 2.15. The molecule has 0 aromatic carbocycles. The second-order valence-electron chi connectivity index (χ2n) is 1.38. The summed E-state index contributed by atoms with van der Waals surface area (Å²) in [5, 5.41) is 0. The van der Waals surface area contributed by atoms with Crippen molar-refractivity contribution >= 4 is 8.05 Å². The first-order valence-corrected chi connectivity index (χ1v) is 2.15. The molecule has 0 aliphatic carbocycles. The predicted molar refractivity (Wildman–Crippen MR) is 28.2 cm³/mol. The van der Waals surface area contributed by atoms with Gasteiger partial charge in [-0.1, -0.05) is 0 Å².